The van der Waals surface area contributed by atoms with Gasteiger partial charge in [0.1, 0.15) is 29.0 Å². The molecule has 0 fully saturated rings. The van der Waals surface area contributed by atoms with Crippen LogP contribution in [0.1, 0.15) is 30.8 Å². The van der Waals surface area contributed by atoms with Crippen molar-refractivity contribution in [3.05, 3.63) is 101 Å². The van der Waals surface area contributed by atoms with Crippen molar-refractivity contribution in [1.82, 2.24) is 9.97 Å². The molecule has 4 aromatic rings. The lowest BCUT2D eigenvalue weighted by Crippen LogP contribution is -2.23. The van der Waals surface area contributed by atoms with Crippen LogP contribution in [0.5, 0.6) is 5.75 Å². The molecule has 174 valence electrons. The minimum absolute atomic E-state index is 0.128. The van der Waals surface area contributed by atoms with Gasteiger partial charge in [0, 0.05) is 40.8 Å². The highest BCUT2D eigenvalue weighted by atomic mass is 19.1. The van der Waals surface area contributed by atoms with Gasteiger partial charge in [-0.1, -0.05) is 0 Å². The maximum atomic E-state index is 14.5. The lowest BCUT2D eigenvalue weighted by molar-refractivity contribution is 0.412. The molecule has 0 N–H and O–H groups in total. The largest absolute Gasteiger partial charge is 0.497 e. The van der Waals surface area contributed by atoms with Crippen LogP contribution in [0.4, 0.5) is 17.6 Å². The summed E-state index contributed by atoms with van der Waals surface area (Å²) < 4.78 is 61.2. The first kappa shape index (κ1) is 23.4. The summed E-state index contributed by atoms with van der Waals surface area (Å²) in [6, 6.07) is 13.5. The normalized spacial score (nSPS) is 11.5. The van der Waals surface area contributed by atoms with Crippen LogP contribution < -0.4 is 4.74 Å². The molecule has 2 aromatic carbocycles. The molecule has 0 unspecified atom stereocenters. The smallest absolute Gasteiger partial charge is 0.135 e. The van der Waals surface area contributed by atoms with E-state index in [4.69, 9.17) is 4.74 Å². The average Bonchev–Trinajstić information content (AvgIpc) is 2.78. The summed E-state index contributed by atoms with van der Waals surface area (Å²) in [6.07, 6.45) is 0. The van der Waals surface area contributed by atoms with Gasteiger partial charge in [-0.05, 0) is 62.7 Å². The Hall–Kier alpha value is -3.74. The number of hydrogen-bond donors (Lipinski definition) is 0. The number of aromatic nitrogens is 2. The van der Waals surface area contributed by atoms with E-state index < -0.39 is 28.7 Å². The van der Waals surface area contributed by atoms with E-state index in [2.05, 4.69) is 9.97 Å². The van der Waals surface area contributed by atoms with Crippen LogP contribution in [0.2, 0.25) is 0 Å². The first-order chi connectivity index (χ1) is 16.1. The Labute approximate surface area is 195 Å². The Morgan fingerprint density at radius 2 is 1.18 bits per heavy atom. The fraction of sp³-hybridized carbons (Fsp3) is 0.185. The summed E-state index contributed by atoms with van der Waals surface area (Å²) >= 11 is 0. The van der Waals surface area contributed by atoms with Gasteiger partial charge in [-0.15, -0.1) is 0 Å². The third-order valence-electron chi connectivity index (χ3n) is 5.70. The van der Waals surface area contributed by atoms with Gasteiger partial charge in [0.05, 0.1) is 29.9 Å². The Kier molecular flexibility index (Phi) is 6.13. The van der Waals surface area contributed by atoms with E-state index in [0.717, 1.165) is 23.8 Å². The van der Waals surface area contributed by atoms with E-state index >= 15 is 0 Å². The third kappa shape index (κ3) is 4.51. The first-order valence-corrected chi connectivity index (χ1v) is 10.5. The fourth-order valence-corrected chi connectivity index (χ4v) is 3.73. The molecule has 34 heavy (non-hydrogen) atoms. The second-order valence-electron chi connectivity index (χ2n) is 8.57. The summed E-state index contributed by atoms with van der Waals surface area (Å²) in [5.41, 5.74) is 2.05. The maximum Gasteiger partial charge on any atom is 0.135 e. The van der Waals surface area contributed by atoms with Crippen molar-refractivity contribution in [2.45, 2.75) is 26.2 Å². The zero-order chi connectivity index (χ0) is 24.6. The standard InChI is InChI=1S/C27H22F4N2O/c1-15-9-23(19-7-5-16(28)11-21(19)30)32-25(10-15)27(2,3)26-14-18(34-4)13-24(33-26)20-8-6-17(29)12-22(20)31/h5-14H,1-4H3. The lowest BCUT2D eigenvalue weighted by Gasteiger charge is -2.26. The molecule has 3 nitrogen and oxygen atoms in total. The van der Waals surface area contributed by atoms with Crippen LogP contribution in [0.15, 0.2) is 60.7 Å². The number of nitrogens with zero attached hydrogens (tertiary/aromatic N) is 2. The summed E-state index contributed by atoms with van der Waals surface area (Å²) in [6.45, 7) is 5.61. The number of rotatable bonds is 5. The van der Waals surface area contributed by atoms with Crippen molar-refractivity contribution in [1.29, 1.82) is 0 Å². The number of ether oxygens (including phenoxy) is 1. The molecule has 7 heteroatoms. The predicted molar refractivity (Wildman–Crippen MR) is 123 cm³/mol. The number of aryl methyl sites for hydroxylation is 1. The van der Waals surface area contributed by atoms with E-state index in [-0.39, 0.29) is 16.8 Å². The molecule has 0 bridgehead atoms. The molecule has 2 heterocycles. The van der Waals surface area contributed by atoms with Gasteiger partial charge in [-0.2, -0.15) is 0 Å². The second-order valence-corrected chi connectivity index (χ2v) is 8.57. The quantitative estimate of drug-likeness (QED) is 0.297. The van der Waals surface area contributed by atoms with Crippen molar-refractivity contribution in [3.63, 3.8) is 0 Å². The van der Waals surface area contributed by atoms with Gasteiger partial charge < -0.3 is 4.74 Å². The molecule has 0 amide bonds. The maximum absolute atomic E-state index is 14.5. The van der Waals surface area contributed by atoms with Gasteiger partial charge in [0.25, 0.3) is 0 Å². The third-order valence-corrected chi connectivity index (χ3v) is 5.70. The Morgan fingerprint density at radius 3 is 1.68 bits per heavy atom. The molecule has 0 aliphatic heterocycles. The van der Waals surface area contributed by atoms with E-state index in [9.17, 15) is 17.6 Å². The van der Waals surface area contributed by atoms with Crippen molar-refractivity contribution in [2.24, 2.45) is 0 Å². The second kappa shape index (κ2) is 8.89. The molecular weight excluding hydrogens is 444 g/mol. The zero-order valence-electron chi connectivity index (χ0n) is 19.1. The molecule has 0 aliphatic rings. The average molecular weight is 466 g/mol. The number of hydrogen-bond acceptors (Lipinski definition) is 3. The summed E-state index contributed by atoms with van der Waals surface area (Å²) in [5.74, 6) is -2.37. The van der Waals surface area contributed by atoms with Crippen molar-refractivity contribution < 1.29 is 22.3 Å². The van der Waals surface area contributed by atoms with Crippen LogP contribution in [0, 0.1) is 30.2 Å². The van der Waals surface area contributed by atoms with Crippen LogP contribution in [0.3, 0.4) is 0 Å². The Morgan fingerprint density at radius 1 is 0.676 bits per heavy atom. The highest BCUT2D eigenvalue weighted by Gasteiger charge is 2.29. The number of benzene rings is 2. The molecule has 0 atom stereocenters. The van der Waals surface area contributed by atoms with E-state index in [0.29, 0.717) is 22.8 Å². The summed E-state index contributed by atoms with van der Waals surface area (Å²) in [5, 5.41) is 0. The van der Waals surface area contributed by atoms with Crippen molar-refractivity contribution in [3.8, 4) is 28.3 Å². The highest BCUT2D eigenvalue weighted by molar-refractivity contribution is 5.64. The molecule has 0 saturated heterocycles. The monoisotopic (exact) mass is 466 g/mol. The Balaban J connectivity index is 1.85. The topological polar surface area (TPSA) is 35.0 Å². The molecule has 2 aromatic heterocycles. The van der Waals surface area contributed by atoms with Crippen LogP contribution >= 0.6 is 0 Å². The molecule has 0 aliphatic carbocycles. The van der Waals surface area contributed by atoms with Gasteiger partial charge in [0.15, 0.2) is 0 Å². The minimum atomic E-state index is -0.808. The molecular formula is C27H22F4N2O. The summed E-state index contributed by atoms with van der Waals surface area (Å²) in [4.78, 5) is 9.31. The molecule has 4 rings (SSSR count). The van der Waals surface area contributed by atoms with Crippen LogP contribution in [0.25, 0.3) is 22.5 Å². The fourth-order valence-electron chi connectivity index (χ4n) is 3.73. The lowest BCUT2D eigenvalue weighted by atomic mass is 9.83. The van der Waals surface area contributed by atoms with Crippen LogP contribution in [-0.2, 0) is 5.41 Å². The van der Waals surface area contributed by atoms with Gasteiger partial charge in [-0.3, -0.25) is 9.97 Å². The van der Waals surface area contributed by atoms with Gasteiger partial charge in [-0.25, -0.2) is 17.6 Å². The first-order valence-electron chi connectivity index (χ1n) is 10.5. The van der Waals surface area contributed by atoms with E-state index in [1.54, 1.807) is 18.2 Å². The van der Waals surface area contributed by atoms with E-state index in [1.165, 1.54) is 25.3 Å². The van der Waals surface area contributed by atoms with Crippen LogP contribution in [-0.4, -0.2) is 17.1 Å². The molecule has 0 saturated carbocycles. The van der Waals surface area contributed by atoms with Gasteiger partial charge in [0.2, 0.25) is 0 Å². The summed E-state index contributed by atoms with van der Waals surface area (Å²) in [7, 11) is 1.48. The number of methoxy groups -OCH3 is 1. The SMILES string of the molecule is COc1cc(-c2ccc(F)cc2F)nc(C(C)(C)c2cc(C)cc(-c3ccc(F)cc3F)n2)c1. The number of halogens is 4. The van der Waals surface area contributed by atoms with Crippen molar-refractivity contribution >= 4 is 0 Å². The molecule has 0 spiro atoms. The highest BCUT2D eigenvalue weighted by Crippen LogP contribution is 2.36. The number of pyridine rings is 2. The van der Waals surface area contributed by atoms with Gasteiger partial charge >= 0.3 is 0 Å². The predicted octanol–water partition coefficient (Wildman–Crippen LogP) is 7.01. The Bertz CT molecular complexity index is 1390. The molecule has 0 radical (unpaired) electrons. The minimum Gasteiger partial charge on any atom is -0.497 e. The zero-order valence-corrected chi connectivity index (χ0v) is 19.1. The van der Waals surface area contributed by atoms with E-state index in [1.807, 2.05) is 26.8 Å². The van der Waals surface area contributed by atoms with Crippen molar-refractivity contribution in [2.75, 3.05) is 7.11 Å².